The summed E-state index contributed by atoms with van der Waals surface area (Å²) in [5.41, 5.74) is 2.47. The van der Waals surface area contributed by atoms with Gasteiger partial charge in [0.1, 0.15) is 6.54 Å². The van der Waals surface area contributed by atoms with Gasteiger partial charge in [-0.15, -0.1) is 0 Å². The normalized spacial score (nSPS) is 38.0. The number of carboxylic acids is 1. The van der Waals surface area contributed by atoms with Gasteiger partial charge in [-0.05, 0) is 99.4 Å². The molecule has 0 radical (unpaired) electrons. The molecule has 1 saturated heterocycles. The van der Waals surface area contributed by atoms with Crippen LogP contribution in [0.15, 0.2) is 16.8 Å². The van der Waals surface area contributed by atoms with Gasteiger partial charge < -0.3 is 10.4 Å². The molecule has 9 heteroatoms. The highest BCUT2D eigenvalue weighted by Gasteiger charge is 2.59. The predicted octanol–water partition coefficient (Wildman–Crippen LogP) is 5.16. The fourth-order valence-corrected chi connectivity index (χ4v) is 9.39. The molecule has 8 nitrogen and oxygen atoms in total. The topological polar surface area (TPSA) is 108 Å². The van der Waals surface area contributed by atoms with Crippen molar-refractivity contribution in [1.82, 2.24) is 10.2 Å². The van der Waals surface area contributed by atoms with Gasteiger partial charge in [-0.1, -0.05) is 36.8 Å². The molecule has 1 heterocycles. The maximum Gasteiger partial charge on any atom is 0.436 e. The fourth-order valence-electron chi connectivity index (χ4n) is 9.08. The molecule has 5 rings (SSSR count). The average Bonchev–Trinajstić information content (AvgIpc) is 3.47. The highest BCUT2D eigenvalue weighted by molar-refractivity contribution is 7.80. The first-order valence-electron chi connectivity index (χ1n) is 14.7. The molecule has 3 saturated carbocycles. The Kier molecular flexibility index (Phi) is 8.04. The zero-order chi connectivity index (χ0) is 27.9. The maximum absolute atomic E-state index is 12.9. The summed E-state index contributed by atoms with van der Waals surface area (Å²) in [6.45, 7) is 7.39. The number of allylic oxidation sites excluding steroid dienone is 1. The number of nitrogens with one attached hydrogen (secondary N) is 1. The van der Waals surface area contributed by atoms with E-state index in [9.17, 15) is 19.5 Å². The molecular weight excluding hydrogens is 514 g/mol. The largest absolute Gasteiger partial charge is 0.480 e. The summed E-state index contributed by atoms with van der Waals surface area (Å²) in [4.78, 5) is 43.9. The molecule has 0 spiro atoms. The number of carbonyl (C=O) groups is 3. The second-order valence-electron chi connectivity index (χ2n) is 13.1. The van der Waals surface area contributed by atoms with Gasteiger partial charge in [0.05, 0.1) is 5.71 Å². The number of hydrogen-bond donors (Lipinski definition) is 2. The molecule has 7 atom stereocenters. The second kappa shape index (κ2) is 11.0. The summed E-state index contributed by atoms with van der Waals surface area (Å²) in [7, 11) is 0. The third-order valence-corrected chi connectivity index (χ3v) is 11.6. The van der Waals surface area contributed by atoms with Gasteiger partial charge in [0.15, 0.2) is 5.78 Å². The number of nitrogens with zero attached hydrogens (tertiary/aromatic N) is 2. The third-order valence-electron chi connectivity index (χ3n) is 11.2. The first-order valence-corrected chi connectivity index (χ1v) is 15.2. The van der Waals surface area contributed by atoms with E-state index in [-0.39, 0.29) is 29.3 Å². The van der Waals surface area contributed by atoms with Crippen molar-refractivity contribution in [2.75, 3.05) is 19.6 Å². The number of fused-ring (bicyclic) bond motifs is 5. The van der Waals surface area contributed by atoms with Crippen LogP contribution in [0.5, 0.6) is 0 Å². The van der Waals surface area contributed by atoms with Crippen molar-refractivity contribution >= 4 is 40.6 Å². The maximum atomic E-state index is 12.9. The van der Waals surface area contributed by atoms with E-state index in [0.29, 0.717) is 36.4 Å². The van der Waals surface area contributed by atoms with Gasteiger partial charge in [-0.25, -0.2) is 4.79 Å². The Balaban J connectivity index is 1.24. The van der Waals surface area contributed by atoms with E-state index in [2.05, 4.69) is 24.3 Å². The number of rotatable bonds is 7. The number of ketones is 1. The van der Waals surface area contributed by atoms with Crippen LogP contribution in [0.25, 0.3) is 0 Å². The van der Waals surface area contributed by atoms with Crippen LogP contribution in [0.2, 0.25) is 0 Å². The molecule has 1 unspecified atom stereocenters. The Morgan fingerprint density at radius 1 is 1.15 bits per heavy atom. The number of thiocarbonyl (C=S) groups is 1. The Bertz CT molecular complexity index is 1100. The number of oxime groups is 1. The lowest BCUT2D eigenvalue weighted by atomic mass is 9.46. The molecule has 0 aromatic heterocycles. The number of hydrogen-bond acceptors (Lipinski definition) is 7. The fraction of sp³-hybridized carbons (Fsp3) is 0.767. The van der Waals surface area contributed by atoms with Gasteiger partial charge in [0.25, 0.3) is 0 Å². The lowest BCUT2D eigenvalue weighted by Crippen LogP contribution is -2.51. The van der Waals surface area contributed by atoms with Crippen LogP contribution in [0.1, 0.15) is 85.0 Å². The van der Waals surface area contributed by atoms with Crippen LogP contribution < -0.4 is 5.32 Å². The van der Waals surface area contributed by atoms with E-state index in [4.69, 9.17) is 17.1 Å². The SMILES string of the molecule is C/C(=N\OC(=O)N(CCC1NCCC1=S)CC(=O)O)[C@H]1CC[C@H]2[C@@H]3CCC4=CC(=O)CC[C@]4(C)[C@H]3CC[C@]12C. The van der Waals surface area contributed by atoms with Crippen molar-refractivity contribution in [3.63, 3.8) is 0 Å². The van der Waals surface area contributed by atoms with Crippen molar-refractivity contribution in [2.45, 2.75) is 91.0 Å². The summed E-state index contributed by atoms with van der Waals surface area (Å²) in [5, 5.41) is 16.9. The summed E-state index contributed by atoms with van der Waals surface area (Å²) < 4.78 is 0. The average molecular weight is 558 g/mol. The Morgan fingerprint density at radius 3 is 2.67 bits per heavy atom. The van der Waals surface area contributed by atoms with E-state index >= 15 is 0 Å². The van der Waals surface area contributed by atoms with E-state index < -0.39 is 18.6 Å². The number of carboxylic acid groups (broad SMARTS) is 1. The van der Waals surface area contributed by atoms with E-state index in [1.165, 1.54) is 10.5 Å². The van der Waals surface area contributed by atoms with Crippen molar-refractivity contribution in [1.29, 1.82) is 0 Å². The monoisotopic (exact) mass is 557 g/mol. The van der Waals surface area contributed by atoms with E-state index in [0.717, 1.165) is 68.5 Å². The molecule has 0 aromatic rings. The van der Waals surface area contributed by atoms with Gasteiger partial charge in [-0.2, -0.15) is 0 Å². The van der Waals surface area contributed by atoms with Crippen molar-refractivity contribution in [3.05, 3.63) is 11.6 Å². The zero-order valence-corrected chi connectivity index (χ0v) is 24.4. The van der Waals surface area contributed by atoms with Gasteiger partial charge in [0, 0.05) is 36.3 Å². The van der Waals surface area contributed by atoms with Crippen LogP contribution in [0, 0.1) is 34.5 Å². The molecule has 1 amide bonds. The van der Waals surface area contributed by atoms with Crippen molar-refractivity contribution in [3.8, 4) is 0 Å². The summed E-state index contributed by atoms with van der Waals surface area (Å²) >= 11 is 5.37. The number of aliphatic carboxylic acids is 1. The summed E-state index contributed by atoms with van der Waals surface area (Å²) in [5.74, 6) is 1.33. The molecule has 39 heavy (non-hydrogen) atoms. The summed E-state index contributed by atoms with van der Waals surface area (Å²) in [6.07, 6.45) is 10.9. The first-order chi connectivity index (χ1) is 18.5. The molecule has 5 aliphatic rings. The summed E-state index contributed by atoms with van der Waals surface area (Å²) in [6, 6.07) is 0.0162. The quantitative estimate of drug-likeness (QED) is 0.193. The van der Waals surface area contributed by atoms with Crippen LogP contribution in [0.3, 0.4) is 0 Å². The molecule has 4 aliphatic carbocycles. The minimum atomic E-state index is -1.08. The minimum Gasteiger partial charge on any atom is -0.480 e. The minimum absolute atomic E-state index is 0.0162. The molecule has 4 fully saturated rings. The lowest BCUT2D eigenvalue weighted by Gasteiger charge is -2.58. The van der Waals surface area contributed by atoms with Crippen molar-refractivity contribution in [2.24, 2.45) is 39.7 Å². The van der Waals surface area contributed by atoms with E-state index in [1.54, 1.807) is 0 Å². The highest BCUT2D eigenvalue weighted by Crippen LogP contribution is 2.66. The van der Waals surface area contributed by atoms with Gasteiger partial charge >= 0.3 is 12.1 Å². The van der Waals surface area contributed by atoms with Gasteiger partial charge in [-0.3, -0.25) is 19.3 Å². The molecule has 0 aromatic carbocycles. The highest BCUT2D eigenvalue weighted by atomic mass is 32.1. The standard InChI is InChI=1S/C30H43N3O5S/c1-18(32-38-28(37)33(17-27(35)36)15-11-25-26(39)10-14-31-25)22-6-7-23-21-5-4-19-16-20(34)8-12-29(19,2)24(21)9-13-30(22,23)3/h16,21-25,31H,4-15,17H2,1-3H3,(H,35,36)/b32-18+/t21-,22+,23-,24-,25?,29-,30+/m0/s1. The number of carbonyl (C=O) groups excluding carboxylic acids is 2. The molecular formula is C30H43N3O5S. The Morgan fingerprint density at radius 2 is 1.95 bits per heavy atom. The molecule has 1 aliphatic heterocycles. The van der Waals surface area contributed by atoms with Crippen LogP contribution in [-0.4, -0.2) is 64.1 Å². The van der Waals surface area contributed by atoms with Gasteiger partial charge in [0.2, 0.25) is 0 Å². The Labute approximate surface area is 237 Å². The predicted molar refractivity (Wildman–Crippen MR) is 153 cm³/mol. The van der Waals surface area contributed by atoms with Crippen molar-refractivity contribution < 1.29 is 24.3 Å². The first kappa shape index (κ1) is 28.4. The zero-order valence-electron chi connectivity index (χ0n) is 23.5. The lowest BCUT2D eigenvalue weighted by molar-refractivity contribution is -0.138. The Hall–Kier alpha value is -2.13. The molecule has 2 N–H and O–H groups in total. The van der Waals surface area contributed by atoms with E-state index in [1.807, 2.05) is 13.0 Å². The van der Waals surface area contributed by atoms with Crippen LogP contribution in [0.4, 0.5) is 4.79 Å². The molecule has 214 valence electrons. The molecule has 0 bridgehead atoms. The third kappa shape index (κ3) is 5.33. The number of amides is 1. The smallest absolute Gasteiger partial charge is 0.436 e. The second-order valence-corrected chi connectivity index (χ2v) is 13.6. The van der Waals surface area contributed by atoms with Crippen LogP contribution >= 0.6 is 12.2 Å². The van der Waals surface area contributed by atoms with Crippen LogP contribution in [-0.2, 0) is 14.4 Å².